The Hall–Kier alpha value is -2.10. The predicted molar refractivity (Wildman–Crippen MR) is 74.8 cm³/mol. The minimum atomic E-state index is -0.590. The molecule has 0 atom stereocenters. The lowest BCUT2D eigenvalue weighted by molar-refractivity contribution is -0.114. The molecule has 4 N–H and O–H groups in total. The van der Waals surface area contributed by atoms with E-state index in [1.807, 2.05) is 24.3 Å². The summed E-state index contributed by atoms with van der Waals surface area (Å²) in [6.45, 7) is 6.44. The summed E-state index contributed by atoms with van der Waals surface area (Å²) in [4.78, 5) is 15.1. The molecule has 0 aromatic heterocycles. The molecule has 0 aliphatic rings. The van der Waals surface area contributed by atoms with Crippen LogP contribution in [0.4, 0.5) is 5.69 Å². The highest BCUT2D eigenvalue weighted by Gasteiger charge is 2.12. The Labute approximate surface area is 107 Å². The minimum absolute atomic E-state index is 0.109. The average Bonchev–Trinajstić information content (AvgIpc) is 2.29. The van der Waals surface area contributed by atoms with Crippen LogP contribution in [0, 0.1) is 0 Å². The molecule has 1 rings (SSSR count). The highest BCUT2D eigenvalue weighted by molar-refractivity contribution is 6.11. The zero-order valence-corrected chi connectivity index (χ0v) is 11.0. The van der Waals surface area contributed by atoms with Gasteiger partial charge in [0.15, 0.2) is 0 Å². The van der Waals surface area contributed by atoms with Crippen molar-refractivity contribution in [1.29, 1.82) is 0 Å². The van der Waals surface area contributed by atoms with E-state index in [-0.39, 0.29) is 11.0 Å². The van der Waals surface area contributed by atoms with Gasteiger partial charge >= 0.3 is 0 Å². The molecule has 4 nitrogen and oxygen atoms in total. The molecule has 0 aliphatic carbocycles. The van der Waals surface area contributed by atoms with E-state index in [1.165, 1.54) is 11.8 Å². The minimum Gasteiger partial charge on any atom is -0.404 e. The van der Waals surface area contributed by atoms with Crippen LogP contribution in [-0.2, 0) is 10.2 Å². The van der Waals surface area contributed by atoms with E-state index >= 15 is 0 Å². The van der Waals surface area contributed by atoms with Crippen LogP contribution >= 0.6 is 0 Å². The Bertz CT molecular complexity index is 479. The number of hydrogen-bond acceptors (Lipinski definition) is 3. The molecule has 18 heavy (non-hydrogen) atoms. The summed E-state index contributed by atoms with van der Waals surface area (Å²) in [5, 5.41) is 0. The number of primary amides is 1. The summed E-state index contributed by atoms with van der Waals surface area (Å²) in [6.07, 6.45) is 2.52. The molecule has 0 spiro atoms. The molecule has 1 aromatic carbocycles. The van der Waals surface area contributed by atoms with E-state index in [2.05, 4.69) is 25.8 Å². The molecular formula is C14H19N3O. The molecule has 0 fully saturated rings. The SMILES string of the molecule is CC(C)(C)c1ccc(N=C/C(=C\N)C(N)=O)cc1. The molecule has 0 bridgehead atoms. The van der Waals surface area contributed by atoms with Gasteiger partial charge in [-0.2, -0.15) is 0 Å². The Kier molecular flexibility index (Phi) is 4.26. The van der Waals surface area contributed by atoms with Crippen LogP contribution in [0.15, 0.2) is 41.0 Å². The fraction of sp³-hybridized carbons (Fsp3) is 0.286. The second-order valence-electron chi connectivity index (χ2n) is 5.04. The van der Waals surface area contributed by atoms with Crippen LogP contribution in [0.3, 0.4) is 0 Å². The van der Waals surface area contributed by atoms with Crippen molar-refractivity contribution in [3.63, 3.8) is 0 Å². The van der Waals surface area contributed by atoms with Crippen molar-refractivity contribution >= 4 is 17.8 Å². The number of rotatable bonds is 3. The normalized spacial score (nSPS) is 12.9. The maximum atomic E-state index is 10.9. The number of nitrogens with two attached hydrogens (primary N) is 2. The van der Waals surface area contributed by atoms with E-state index in [1.54, 1.807) is 0 Å². The summed E-state index contributed by atoms with van der Waals surface area (Å²) in [5.74, 6) is -0.590. The first kappa shape index (κ1) is 14.0. The summed E-state index contributed by atoms with van der Waals surface area (Å²) < 4.78 is 0. The second-order valence-corrected chi connectivity index (χ2v) is 5.04. The van der Waals surface area contributed by atoms with Crippen molar-refractivity contribution in [2.75, 3.05) is 0 Å². The van der Waals surface area contributed by atoms with Crippen LogP contribution in [0.2, 0.25) is 0 Å². The quantitative estimate of drug-likeness (QED) is 0.631. The lowest BCUT2D eigenvalue weighted by atomic mass is 9.87. The lowest BCUT2D eigenvalue weighted by Gasteiger charge is -2.18. The lowest BCUT2D eigenvalue weighted by Crippen LogP contribution is -2.15. The Morgan fingerprint density at radius 3 is 2.17 bits per heavy atom. The zero-order valence-electron chi connectivity index (χ0n) is 11.0. The van der Waals surface area contributed by atoms with Crippen LogP contribution in [-0.4, -0.2) is 12.1 Å². The monoisotopic (exact) mass is 245 g/mol. The van der Waals surface area contributed by atoms with Gasteiger partial charge in [-0.1, -0.05) is 32.9 Å². The van der Waals surface area contributed by atoms with Crippen LogP contribution < -0.4 is 11.5 Å². The van der Waals surface area contributed by atoms with Crippen LogP contribution in [0.25, 0.3) is 0 Å². The summed E-state index contributed by atoms with van der Waals surface area (Å²) in [5.41, 5.74) is 12.7. The van der Waals surface area contributed by atoms with Crippen molar-refractivity contribution in [1.82, 2.24) is 0 Å². The summed E-state index contributed by atoms with van der Waals surface area (Å²) in [7, 11) is 0. The van der Waals surface area contributed by atoms with Gasteiger partial charge in [0.25, 0.3) is 5.91 Å². The van der Waals surface area contributed by atoms with E-state index < -0.39 is 5.91 Å². The third-order valence-electron chi connectivity index (χ3n) is 2.55. The van der Waals surface area contributed by atoms with Crippen molar-refractivity contribution in [2.45, 2.75) is 26.2 Å². The maximum Gasteiger partial charge on any atom is 0.251 e. The van der Waals surface area contributed by atoms with E-state index in [9.17, 15) is 4.79 Å². The largest absolute Gasteiger partial charge is 0.404 e. The summed E-state index contributed by atoms with van der Waals surface area (Å²) in [6, 6.07) is 7.82. The fourth-order valence-electron chi connectivity index (χ4n) is 1.38. The van der Waals surface area contributed by atoms with Gasteiger partial charge in [-0.25, -0.2) is 0 Å². The number of amides is 1. The van der Waals surface area contributed by atoms with Gasteiger partial charge in [-0.3, -0.25) is 9.79 Å². The number of hydrogen-bond donors (Lipinski definition) is 2. The standard InChI is InChI=1S/C14H19N3O/c1-14(2,3)11-4-6-12(7-5-11)17-9-10(8-15)13(16)18/h4-9H,15H2,1-3H3,(H2,16,18)/b10-8+,17-9?. The third-order valence-corrected chi connectivity index (χ3v) is 2.55. The zero-order chi connectivity index (χ0) is 13.8. The second kappa shape index (κ2) is 5.49. The van der Waals surface area contributed by atoms with Gasteiger partial charge in [-0.05, 0) is 23.1 Å². The Morgan fingerprint density at radius 1 is 1.22 bits per heavy atom. The van der Waals surface area contributed by atoms with Gasteiger partial charge < -0.3 is 11.5 Å². The van der Waals surface area contributed by atoms with Crippen molar-refractivity contribution in [3.8, 4) is 0 Å². The number of aliphatic imine (C=N–C) groups is 1. The predicted octanol–water partition coefficient (Wildman–Crippen LogP) is 2.01. The van der Waals surface area contributed by atoms with Gasteiger partial charge in [0.2, 0.25) is 0 Å². The molecule has 0 saturated carbocycles. The van der Waals surface area contributed by atoms with E-state index in [0.29, 0.717) is 0 Å². The molecule has 1 aromatic rings. The number of nitrogens with zero attached hydrogens (tertiary/aromatic N) is 1. The molecule has 1 amide bonds. The molecule has 0 aliphatic heterocycles. The number of carbonyl (C=O) groups excluding carboxylic acids is 1. The number of benzene rings is 1. The average molecular weight is 245 g/mol. The van der Waals surface area contributed by atoms with Crippen molar-refractivity contribution in [2.24, 2.45) is 16.5 Å². The fourth-order valence-corrected chi connectivity index (χ4v) is 1.38. The van der Waals surface area contributed by atoms with Crippen molar-refractivity contribution in [3.05, 3.63) is 41.6 Å². The maximum absolute atomic E-state index is 10.9. The number of carbonyl (C=O) groups is 1. The topological polar surface area (TPSA) is 81.5 Å². The molecule has 0 unspecified atom stereocenters. The third kappa shape index (κ3) is 3.73. The smallest absolute Gasteiger partial charge is 0.251 e. The van der Waals surface area contributed by atoms with Gasteiger partial charge in [0.1, 0.15) is 0 Å². The molecule has 96 valence electrons. The first-order chi connectivity index (χ1) is 8.34. The Morgan fingerprint density at radius 2 is 1.78 bits per heavy atom. The van der Waals surface area contributed by atoms with Gasteiger partial charge in [-0.15, -0.1) is 0 Å². The molecule has 0 heterocycles. The Balaban J connectivity index is 2.88. The summed E-state index contributed by atoms with van der Waals surface area (Å²) >= 11 is 0. The molecule has 0 saturated heterocycles. The van der Waals surface area contributed by atoms with Gasteiger partial charge in [0, 0.05) is 12.4 Å². The van der Waals surface area contributed by atoms with Gasteiger partial charge in [0.05, 0.1) is 11.3 Å². The highest BCUT2D eigenvalue weighted by Crippen LogP contribution is 2.24. The molecule has 4 heteroatoms. The van der Waals surface area contributed by atoms with Crippen LogP contribution in [0.1, 0.15) is 26.3 Å². The highest BCUT2D eigenvalue weighted by atomic mass is 16.1. The molecule has 0 radical (unpaired) electrons. The first-order valence-electron chi connectivity index (χ1n) is 5.71. The van der Waals surface area contributed by atoms with E-state index in [4.69, 9.17) is 11.5 Å². The first-order valence-corrected chi connectivity index (χ1v) is 5.71. The van der Waals surface area contributed by atoms with Crippen molar-refractivity contribution < 1.29 is 4.79 Å². The van der Waals surface area contributed by atoms with E-state index in [0.717, 1.165) is 11.9 Å². The van der Waals surface area contributed by atoms with Crippen LogP contribution in [0.5, 0.6) is 0 Å². The molecular weight excluding hydrogens is 226 g/mol.